The van der Waals surface area contributed by atoms with E-state index in [1.807, 2.05) is 23.1 Å². The van der Waals surface area contributed by atoms with Crippen LogP contribution in [0.5, 0.6) is 0 Å². The monoisotopic (exact) mass is 345 g/mol. The van der Waals surface area contributed by atoms with Crippen LogP contribution in [0.15, 0.2) is 24.3 Å². The third-order valence-electron chi connectivity index (χ3n) is 5.63. The molecular weight excluding hydrogens is 314 g/mol. The van der Waals surface area contributed by atoms with Crippen LogP contribution >= 0.6 is 0 Å². The van der Waals surface area contributed by atoms with Crippen molar-refractivity contribution in [2.24, 2.45) is 11.8 Å². The number of nitrogens with zero attached hydrogens (tertiary/aromatic N) is 2. The maximum atomic E-state index is 12.8. The van der Waals surface area contributed by atoms with Crippen molar-refractivity contribution >= 4 is 11.6 Å². The molecule has 2 fully saturated rings. The molecule has 0 bridgehead atoms. The summed E-state index contributed by atoms with van der Waals surface area (Å²) in [7, 11) is 2.17. The molecule has 0 aromatic heterocycles. The third kappa shape index (κ3) is 4.53. The molecule has 0 aliphatic carbocycles. The number of carbonyl (C=O) groups is 1. The molecule has 5 heteroatoms. The van der Waals surface area contributed by atoms with Crippen LogP contribution in [0.3, 0.4) is 0 Å². The Hall–Kier alpha value is -1.59. The summed E-state index contributed by atoms with van der Waals surface area (Å²) in [5, 5.41) is 13.0. The quantitative estimate of drug-likeness (QED) is 0.879. The fraction of sp³-hybridized carbons (Fsp3) is 0.650. The molecule has 2 aliphatic heterocycles. The third-order valence-corrected chi connectivity index (χ3v) is 5.63. The summed E-state index contributed by atoms with van der Waals surface area (Å²) in [6.07, 6.45) is 3.11. The molecule has 25 heavy (non-hydrogen) atoms. The maximum absolute atomic E-state index is 12.8. The molecule has 0 spiro atoms. The van der Waals surface area contributed by atoms with Crippen LogP contribution in [0.2, 0.25) is 0 Å². The van der Waals surface area contributed by atoms with Crippen LogP contribution in [0.1, 0.15) is 36.5 Å². The van der Waals surface area contributed by atoms with E-state index in [1.165, 1.54) is 0 Å². The van der Waals surface area contributed by atoms with Gasteiger partial charge in [0.2, 0.25) is 0 Å². The number of anilines is 1. The fourth-order valence-corrected chi connectivity index (χ4v) is 4.11. The summed E-state index contributed by atoms with van der Waals surface area (Å²) < 4.78 is 0. The Morgan fingerprint density at radius 2 is 2.12 bits per heavy atom. The molecule has 0 radical (unpaired) electrons. The maximum Gasteiger partial charge on any atom is 0.253 e. The lowest BCUT2D eigenvalue weighted by atomic mass is 9.94. The number of carbonyl (C=O) groups excluding carboxylic acids is 1. The highest BCUT2D eigenvalue weighted by Gasteiger charge is 2.26. The molecule has 0 saturated carbocycles. The molecule has 1 aromatic carbocycles. The van der Waals surface area contributed by atoms with Crippen LogP contribution in [-0.4, -0.2) is 66.7 Å². The molecule has 2 heterocycles. The summed E-state index contributed by atoms with van der Waals surface area (Å²) in [6.45, 7) is 6.12. The summed E-state index contributed by atoms with van der Waals surface area (Å²) in [4.78, 5) is 17.1. The van der Waals surface area contributed by atoms with Gasteiger partial charge in [-0.25, -0.2) is 0 Å². The van der Waals surface area contributed by atoms with Gasteiger partial charge < -0.3 is 20.2 Å². The van der Waals surface area contributed by atoms with Gasteiger partial charge in [-0.1, -0.05) is 13.0 Å². The highest BCUT2D eigenvalue weighted by Crippen LogP contribution is 2.23. The normalized spacial score (nSPS) is 28.0. The van der Waals surface area contributed by atoms with Gasteiger partial charge in [-0.15, -0.1) is 0 Å². The first-order valence-electron chi connectivity index (χ1n) is 9.52. The van der Waals surface area contributed by atoms with Crippen LogP contribution in [0.25, 0.3) is 0 Å². The number of hydrogen-bond donors (Lipinski definition) is 2. The molecular formula is C20H31N3O2. The van der Waals surface area contributed by atoms with Gasteiger partial charge >= 0.3 is 0 Å². The van der Waals surface area contributed by atoms with Crippen molar-refractivity contribution in [2.45, 2.75) is 32.2 Å². The van der Waals surface area contributed by atoms with E-state index in [0.29, 0.717) is 18.5 Å². The van der Waals surface area contributed by atoms with Crippen molar-refractivity contribution < 1.29 is 9.90 Å². The van der Waals surface area contributed by atoms with Crippen molar-refractivity contribution in [2.75, 3.05) is 45.2 Å². The number of nitrogens with one attached hydrogen (secondary N) is 1. The van der Waals surface area contributed by atoms with Crippen molar-refractivity contribution in [3.05, 3.63) is 29.8 Å². The van der Waals surface area contributed by atoms with E-state index in [2.05, 4.69) is 30.3 Å². The lowest BCUT2D eigenvalue weighted by molar-refractivity contribution is 0.0621. The second-order valence-electron chi connectivity index (χ2n) is 7.80. The van der Waals surface area contributed by atoms with E-state index in [-0.39, 0.29) is 18.4 Å². The van der Waals surface area contributed by atoms with E-state index < -0.39 is 0 Å². The van der Waals surface area contributed by atoms with E-state index in [9.17, 15) is 9.90 Å². The number of rotatable bonds is 4. The van der Waals surface area contributed by atoms with Crippen LogP contribution in [0, 0.1) is 11.8 Å². The topological polar surface area (TPSA) is 55.8 Å². The number of aliphatic hydroxyl groups is 1. The zero-order chi connectivity index (χ0) is 17.8. The van der Waals surface area contributed by atoms with Crippen LogP contribution < -0.4 is 5.32 Å². The van der Waals surface area contributed by atoms with Crippen molar-refractivity contribution in [1.29, 1.82) is 0 Å². The zero-order valence-electron chi connectivity index (χ0n) is 15.4. The first kappa shape index (κ1) is 18.2. The minimum absolute atomic E-state index is 0.0817. The van der Waals surface area contributed by atoms with Gasteiger partial charge in [0.05, 0.1) is 0 Å². The predicted octanol–water partition coefficient (Wildman–Crippen LogP) is 2.28. The lowest BCUT2D eigenvalue weighted by Crippen LogP contribution is -2.43. The Kier molecular flexibility index (Phi) is 5.97. The van der Waals surface area contributed by atoms with Gasteiger partial charge in [-0.3, -0.25) is 4.79 Å². The van der Waals surface area contributed by atoms with Crippen molar-refractivity contribution in [1.82, 2.24) is 9.80 Å². The molecule has 2 aliphatic rings. The van der Waals surface area contributed by atoms with Gasteiger partial charge in [0, 0.05) is 43.5 Å². The molecule has 2 N–H and O–H groups in total. The number of amides is 1. The van der Waals surface area contributed by atoms with Gasteiger partial charge in [0.15, 0.2) is 0 Å². The molecule has 138 valence electrons. The van der Waals surface area contributed by atoms with E-state index in [0.717, 1.165) is 50.1 Å². The lowest BCUT2D eigenvalue weighted by Gasteiger charge is -2.36. The standard InChI is InChI=1S/C20H31N3O2/c1-15-12-22(2)10-8-19(15)21-18-7-3-6-17(11-18)20(25)23-9-4-5-16(13-23)14-24/h3,6-7,11,15-16,19,21,24H,4-5,8-10,12-14H2,1-2H3. The minimum Gasteiger partial charge on any atom is -0.396 e. The first-order chi connectivity index (χ1) is 12.1. The summed E-state index contributed by atoms with van der Waals surface area (Å²) in [5.41, 5.74) is 1.77. The molecule has 2 saturated heterocycles. The highest BCUT2D eigenvalue weighted by atomic mass is 16.3. The average molecular weight is 345 g/mol. The molecule has 1 amide bonds. The molecule has 3 unspecified atom stereocenters. The van der Waals surface area contributed by atoms with Gasteiger partial charge in [0.1, 0.15) is 0 Å². The SMILES string of the molecule is CC1CN(C)CCC1Nc1cccc(C(=O)N2CCCC(CO)C2)c1. The van der Waals surface area contributed by atoms with Gasteiger partial charge in [-0.05, 0) is 62.9 Å². The smallest absolute Gasteiger partial charge is 0.253 e. The number of benzene rings is 1. The molecule has 5 nitrogen and oxygen atoms in total. The summed E-state index contributed by atoms with van der Waals surface area (Å²) in [6, 6.07) is 8.34. The second-order valence-corrected chi connectivity index (χ2v) is 7.80. The average Bonchev–Trinajstić information content (AvgIpc) is 2.64. The number of piperidine rings is 2. The summed E-state index contributed by atoms with van der Waals surface area (Å²) in [5.74, 6) is 0.892. The Balaban J connectivity index is 1.65. The summed E-state index contributed by atoms with van der Waals surface area (Å²) >= 11 is 0. The minimum atomic E-state index is 0.0817. The van der Waals surface area contributed by atoms with E-state index >= 15 is 0 Å². The molecule has 3 atom stereocenters. The van der Waals surface area contributed by atoms with Crippen molar-refractivity contribution in [3.63, 3.8) is 0 Å². The van der Waals surface area contributed by atoms with Crippen LogP contribution in [-0.2, 0) is 0 Å². The number of aliphatic hydroxyl groups excluding tert-OH is 1. The van der Waals surface area contributed by atoms with Crippen LogP contribution in [0.4, 0.5) is 5.69 Å². The Morgan fingerprint density at radius 1 is 1.28 bits per heavy atom. The number of hydrogen-bond acceptors (Lipinski definition) is 4. The van der Waals surface area contributed by atoms with Gasteiger partial charge in [-0.2, -0.15) is 0 Å². The second kappa shape index (κ2) is 8.19. The van der Waals surface area contributed by atoms with Crippen molar-refractivity contribution in [3.8, 4) is 0 Å². The number of likely N-dealkylation sites (tertiary alicyclic amines) is 2. The largest absolute Gasteiger partial charge is 0.396 e. The van der Waals surface area contributed by atoms with E-state index in [4.69, 9.17) is 0 Å². The van der Waals surface area contributed by atoms with E-state index in [1.54, 1.807) is 0 Å². The van der Waals surface area contributed by atoms with Gasteiger partial charge in [0.25, 0.3) is 5.91 Å². The highest BCUT2D eigenvalue weighted by molar-refractivity contribution is 5.95. The first-order valence-corrected chi connectivity index (χ1v) is 9.52. The Labute approximate surface area is 151 Å². The predicted molar refractivity (Wildman–Crippen MR) is 101 cm³/mol. The molecule has 1 aromatic rings. The zero-order valence-corrected chi connectivity index (χ0v) is 15.4. The fourth-order valence-electron chi connectivity index (χ4n) is 4.11. The molecule has 3 rings (SSSR count). The Morgan fingerprint density at radius 3 is 2.88 bits per heavy atom. The Bertz CT molecular complexity index is 592.